The molecule has 2 fully saturated rings. The van der Waals surface area contributed by atoms with Gasteiger partial charge in [-0.25, -0.2) is 4.39 Å². The van der Waals surface area contributed by atoms with Gasteiger partial charge in [-0.1, -0.05) is 22.0 Å². The second-order valence-corrected chi connectivity index (χ2v) is 6.17. The summed E-state index contributed by atoms with van der Waals surface area (Å²) in [5, 5.41) is 2.77. The van der Waals surface area contributed by atoms with Crippen LogP contribution in [0.15, 0.2) is 22.7 Å². The molecule has 1 aliphatic heterocycles. The first kappa shape index (κ1) is 13.5. The van der Waals surface area contributed by atoms with E-state index in [1.54, 1.807) is 11.0 Å². The van der Waals surface area contributed by atoms with Crippen LogP contribution < -0.4 is 5.32 Å². The lowest BCUT2D eigenvalue weighted by atomic mass is 10.1. The van der Waals surface area contributed by atoms with Crippen molar-refractivity contribution in [1.29, 1.82) is 0 Å². The van der Waals surface area contributed by atoms with E-state index in [2.05, 4.69) is 21.2 Å². The lowest BCUT2D eigenvalue weighted by Crippen LogP contribution is -2.58. The third-order valence-electron chi connectivity index (χ3n) is 3.70. The normalized spacial score (nSPS) is 22.9. The van der Waals surface area contributed by atoms with Gasteiger partial charge < -0.3 is 10.2 Å². The number of nitrogens with one attached hydrogen (secondary N) is 1. The number of piperazine rings is 1. The van der Waals surface area contributed by atoms with Crippen LogP contribution in [0, 0.1) is 11.7 Å². The van der Waals surface area contributed by atoms with E-state index in [4.69, 9.17) is 0 Å². The molecule has 2 amide bonds. The fourth-order valence-electron chi connectivity index (χ4n) is 2.47. The summed E-state index contributed by atoms with van der Waals surface area (Å²) in [5.74, 6) is -0.215. The molecular weight excluding hydrogens is 327 g/mol. The molecule has 6 heteroatoms. The van der Waals surface area contributed by atoms with Gasteiger partial charge in [0, 0.05) is 11.0 Å². The first-order valence-electron chi connectivity index (χ1n) is 6.56. The molecule has 0 spiro atoms. The van der Waals surface area contributed by atoms with Crippen LogP contribution in [-0.2, 0) is 16.1 Å². The second kappa shape index (κ2) is 5.16. The summed E-state index contributed by atoms with van der Waals surface area (Å²) in [6.07, 6.45) is 1.98. The number of carbonyl (C=O) groups excluding carboxylic acids is 2. The predicted octanol–water partition coefficient (Wildman–Crippen LogP) is 1.83. The smallest absolute Gasteiger partial charge is 0.246 e. The number of nitrogens with zero attached hydrogens (tertiary/aromatic N) is 1. The molecule has 0 bridgehead atoms. The highest BCUT2D eigenvalue weighted by Crippen LogP contribution is 2.34. The number of carbonyl (C=O) groups is 2. The van der Waals surface area contributed by atoms with E-state index in [0.717, 1.165) is 18.4 Å². The van der Waals surface area contributed by atoms with Gasteiger partial charge in [0.1, 0.15) is 11.9 Å². The van der Waals surface area contributed by atoms with Gasteiger partial charge >= 0.3 is 0 Å². The van der Waals surface area contributed by atoms with Crippen molar-refractivity contribution in [3.8, 4) is 0 Å². The Hall–Kier alpha value is -1.43. The van der Waals surface area contributed by atoms with Crippen molar-refractivity contribution in [2.45, 2.75) is 25.4 Å². The fourth-order valence-corrected chi connectivity index (χ4v) is 2.94. The zero-order chi connectivity index (χ0) is 14.3. The quantitative estimate of drug-likeness (QED) is 0.912. The Bertz CT molecular complexity index is 574. The molecule has 1 aromatic rings. The van der Waals surface area contributed by atoms with Crippen LogP contribution in [0.1, 0.15) is 18.4 Å². The average molecular weight is 341 g/mol. The Balaban J connectivity index is 1.78. The number of halogens is 2. The zero-order valence-corrected chi connectivity index (χ0v) is 12.3. The fraction of sp³-hybridized carbons (Fsp3) is 0.429. The Kier molecular flexibility index (Phi) is 3.50. The van der Waals surface area contributed by atoms with Crippen LogP contribution >= 0.6 is 15.9 Å². The highest BCUT2D eigenvalue weighted by Gasteiger charge is 2.42. The molecule has 1 aromatic carbocycles. The van der Waals surface area contributed by atoms with Gasteiger partial charge in [-0.2, -0.15) is 0 Å². The number of rotatable bonds is 3. The Morgan fingerprint density at radius 1 is 1.35 bits per heavy atom. The minimum absolute atomic E-state index is 0.0386. The van der Waals surface area contributed by atoms with Crippen molar-refractivity contribution in [1.82, 2.24) is 10.2 Å². The highest BCUT2D eigenvalue weighted by atomic mass is 79.9. The van der Waals surface area contributed by atoms with Gasteiger partial charge in [0.15, 0.2) is 0 Å². The maximum atomic E-state index is 13.1. The summed E-state index contributed by atoms with van der Waals surface area (Å²) in [7, 11) is 0. The molecule has 1 heterocycles. The molecule has 1 aliphatic carbocycles. The lowest BCUT2D eigenvalue weighted by molar-refractivity contribution is -0.145. The number of hydrogen-bond donors (Lipinski definition) is 1. The molecule has 1 unspecified atom stereocenters. The molecule has 106 valence electrons. The minimum atomic E-state index is -0.379. The first-order valence-corrected chi connectivity index (χ1v) is 7.36. The van der Waals surface area contributed by atoms with E-state index in [-0.39, 0.29) is 36.1 Å². The highest BCUT2D eigenvalue weighted by molar-refractivity contribution is 9.10. The van der Waals surface area contributed by atoms with E-state index < -0.39 is 0 Å². The van der Waals surface area contributed by atoms with Crippen LogP contribution in [0.3, 0.4) is 0 Å². The number of benzene rings is 1. The minimum Gasteiger partial charge on any atom is -0.342 e. The number of amides is 2. The van der Waals surface area contributed by atoms with Gasteiger partial charge in [0.05, 0.1) is 6.54 Å². The van der Waals surface area contributed by atoms with Gasteiger partial charge in [0.25, 0.3) is 0 Å². The maximum absolute atomic E-state index is 13.1. The number of hydrogen-bond acceptors (Lipinski definition) is 2. The van der Waals surface area contributed by atoms with E-state index in [1.165, 1.54) is 12.1 Å². The summed E-state index contributed by atoms with van der Waals surface area (Å²) in [4.78, 5) is 25.6. The summed E-state index contributed by atoms with van der Waals surface area (Å²) < 4.78 is 13.7. The van der Waals surface area contributed by atoms with Crippen LogP contribution in [0.4, 0.5) is 4.39 Å². The van der Waals surface area contributed by atoms with Crippen molar-refractivity contribution in [2.24, 2.45) is 5.92 Å². The second-order valence-electron chi connectivity index (χ2n) is 5.31. The molecular formula is C14H14BrFN2O2. The Labute approximate surface area is 124 Å². The van der Waals surface area contributed by atoms with Crippen molar-refractivity contribution in [3.63, 3.8) is 0 Å². The van der Waals surface area contributed by atoms with E-state index >= 15 is 0 Å². The molecule has 0 aromatic heterocycles. The Morgan fingerprint density at radius 3 is 2.75 bits per heavy atom. The van der Waals surface area contributed by atoms with E-state index in [9.17, 15) is 14.0 Å². The van der Waals surface area contributed by atoms with Crippen LogP contribution in [0.2, 0.25) is 0 Å². The van der Waals surface area contributed by atoms with Crippen LogP contribution in [0.25, 0.3) is 0 Å². The first-order chi connectivity index (χ1) is 9.54. The van der Waals surface area contributed by atoms with Gasteiger partial charge in [-0.05, 0) is 36.5 Å². The predicted molar refractivity (Wildman–Crippen MR) is 74.2 cm³/mol. The summed E-state index contributed by atoms with van der Waals surface area (Å²) in [6.45, 7) is 0.377. The van der Waals surface area contributed by atoms with Crippen molar-refractivity contribution < 1.29 is 14.0 Å². The maximum Gasteiger partial charge on any atom is 0.246 e. The van der Waals surface area contributed by atoms with E-state index in [1.807, 2.05) is 0 Å². The lowest BCUT2D eigenvalue weighted by Gasteiger charge is -2.32. The third-order valence-corrected chi connectivity index (χ3v) is 4.44. The van der Waals surface area contributed by atoms with Gasteiger partial charge in [0.2, 0.25) is 11.8 Å². The molecule has 1 atom stereocenters. The molecule has 0 radical (unpaired) electrons. The molecule has 3 rings (SSSR count). The molecule has 4 nitrogen and oxygen atoms in total. The molecule has 20 heavy (non-hydrogen) atoms. The standard InChI is InChI=1S/C14H14BrFN2O2/c15-11-5-10(16)4-3-9(11)6-18-7-12(19)17-13(14(18)20)8-1-2-8/h3-5,8,13H,1-2,6-7H2,(H,17,19). The zero-order valence-electron chi connectivity index (χ0n) is 10.7. The molecule has 2 aliphatic rings. The van der Waals surface area contributed by atoms with Crippen LogP contribution in [-0.4, -0.2) is 29.3 Å². The third kappa shape index (κ3) is 2.70. The van der Waals surface area contributed by atoms with Crippen molar-refractivity contribution in [3.05, 3.63) is 34.1 Å². The molecule has 1 saturated carbocycles. The van der Waals surface area contributed by atoms with Crippen molar-refractivity contribution in [2.75, 3.05) is 6.54 Å². The SMILES string of the molecule is O=C1CN(Cc2ccc(F)cc2Br)C(=O)C(C2CC2)N1. The van der Waals surface area contributed by atoms with Gasteiger partial charge in [-0.3, -0.25) is 9.59 Å². The summed E-state index contributed by atoms with van der Waals surface area (Å²) in [5.41, 5.74) is 0.795. The van der Waals surface area contributed by atoms with Gasteiger partial charge in [-0.15, -0.1) is 0 Å². The summed E-state index contributed by atoms with van der Waals surface area (Å²) in [6, 6.07) is 3.97. The largest absolute Gasteiger partial charge is 0.342 e. The summed E-state index contributed by atoms with van der Waals surface area (Å²) >= 11 is 3.29. The average Bonchev–Trinajstić information content (AvgIpc) is 3.21. The Morgan fingerprint density at radius 2 is 2.10 bits per heavy atom. The van der Waals surface area contributed by atoms with E-state index in [0.29, 0.717) is 11.0 Å². The topological polar surface area (TPSA) is 49.4 Å². The van der Waals surface area contributed by atoms with Crippen molar-refractivity contribution >= 4 is 27.7 Å². The molecule has 1 saturated heterocycles. The molecule has 1 N–H and O–H groups in total. The monoisotopic (exact) mass is 340 g/mol. The van der Waals surface area contributed by atoms with Crippen LogP contribution in [0.5, 0.6) is 0 Å².